The van der Waals surface area contributed by atoms with Crippen LogP contribution >= 0.6 is 0 Å². The number of nitrogens with one attached hydrogen (secondary N) is 1. The molecule has 1 nitrogen and oxygen atoms in total. The van der Waals surface area contributed by atoms with Gasteiger partial charge in [-0.25, -0.2) is 0 Å². The SMILES string of the molecule is CC.CC.CCCN/C(C)=C(/C)CC. The highest BCUT2D eigenvalue weighted by atomic mass is 14.9. The van der Waals surface area contributed by atoms with Gasteiger partial charge in [-0.3, -0.25) is 0 Å². The molecule has 0 heterocycles. The van der Waals surface area contributed by atoms with Gasteiger partial charge in [-0.1, -0.05) is 47.1 Å². The zero-order valence-electron chi connectivity index (χ0n) is 11.6. The molecule has 1 heteroatoms. The highest BCUT2D eigenvalue weighted by Gasteiger charge is 1.90. The van der Waals surface area contributed by atoms with Gasteiger partial charge in [-0.2, -0.15) is 0 Å². The Bertz CT molecular complexity index is 114. The summed E-state index contributed by atoms with van der Waals surface area (Å²) in [5.74, 6) is 0. The fraction of sp³-hybridized carbons (Fsp3) is 0.846. The molecule has 88 valence electrons. The molecule has 0 atom stereocenters. The van der Waals surface area contributed by atoms with E-state index >= 15 is 0 Å². The van der Waals surface area contributed by atoms with E-state index in [-0.39, 0.29) is 0 Å². The maximum absolute atomic E-state index is 3.36. The zero-order chi connectivity index (χ0) is 12.0. The quantitative estimate of drug-likeness (QED) is 0.692. The topological polar surface area (TPSA) is 12.0 Å². The van der Waals surface area contributed by atoms with Crippen LogP contribution in [-0.4, -0.2) is 6.54 Å². The lowest BCUT2D eigenvalue weighted by Crippen LogP contribution is -2.12. The van der Waals surface area contributed by atoms with Crippen LogP contribution in [0.25, 0.3) is 0 Å². The van der Waals surface area contributed by atoms with E-state index in [1.54, 1.807) is 0 Å². The summed E-state index contributed by atoms with van der Waals surface area (Å²) in [6.45, 7) is 17.8. The summed E-state index contributed by atoms with van der Waals surface area (Å²) in [6, 6.07) is 0. The van der Waals surface area contributed by atoms with Gasteiger partial charge in [0.25, 0.3) is 0 Å². The summed E-state index contributed by atoms with van der Waals surface area (Å²) in [5, 5.41) is 3.36. The van der Waals surface area contributed by atoms with Crippen LogP contribution in [0.5, 0.6) is 0 Å². The minimum Gasteiger partial charge on any atom is -0.389 e. The second-order valence-electron chi connectivity index (χ2n) is 2.69. The highest BCUT2D eigenvalue weighted by Crippen LogP contribution is 2.03. The van der Waals surface area contributed by atoms with E-state index in [1.165, 1.54) is 17.7 Å². The molecule has 0 fully saturated rings. The first-order chi connectivity index (χ1) is 6.72. The van der Waals surface area contributed by atoms with Gasteiger partial charge >= 0.3 is 0 Å². The molecule has 14 heavy (non-hydrogen) atoms. The molecular weight excluding hydrogens is 170 g/mol. The maximum Gasteiger partial charge on any atom is 0.0141 e. The smallest absolute Gasteiger partial charge is 0.0141 e. The van der Waals surface area contributed by atoms with Crippen LogP contribution in [0, 0.1) is 0 Å². The molecule has 0 aliphatic rings. The summed E-state index contributed by atoms with van der Waals surface area (Å²) in [7, 11) is 0. The summed E-state index contributed by atoms with van der Waals surface area (Å²) >= 11 is 0. The molecule has 0 aliphatic heterocycles. The normalized spacial score (nSPS) is 10.0. The van der Waals surface area contributed by atoms with Crippen molar-refractivity contribution in [3.63, 3.8) is 0 Å². The molecule has 0 spiro atoms. The fourth-order valence-corrected chi connectivity index (χ4v) is 0.729. The summed E-state index contributed by atoms with van der Waals surface area (Å²) in [4.78, 5) is 0. The van der Waals surface area contributed by atoms with Crippen molar-refractivity contribution in [3.8, 4) is 0 Å². The van der Waals surface area contributed by atoms with Crippen LogP contribution in [0.1, 0.15) is 68.2 Å². The predicted molar refractivity (Wildman–Crippen MR) is 69.7 cm³/mol. The van der Waals surface area contributed by atoms with Crippen molar-refractivity contribution in [3.05, 3.63) is 11.3 Å². The Morgan fingerprint density at radius 2 is 1.36 bits per heavy atom. The second-order valence-corrected chi connectivity index (χ2v) is 2.69. The monoisotopic (exact) mass is 201 g/mol. The van der Waals surface area contributed by atoms with Crippen LogP contribution < -0.4 is 5.32 Å². The van der Waals surface area contributed by atoms with Crippen molar-refractivity contribution in [2.24, 2.45) is 0 Å². The maximum atomic E-state index is 3.36. The third kappa shape index (κ3) is 14.1. The van der Waals surface area contributed by atoms with Crippen molar-refractivity contribution in [2.75, 3.05) is 6.54 Å². The van der Waals surface area contributed by atoms with E-state index in [0.29, 0.717) is 0 Å². The molecule has 0 aromatic rings. The Hall–Kier alpha value is -0.460. The predicted octanol–water partition coefficient (Wildman–Crippen LogP) is 4.74. The van der Waals surface area contributed by atoms with E-state index < -0.39 is 0 Å². The van der Waals surface area contributed by atoms with Crippen LogP contribution in [0.2, 0.25) is 0 Å². The van der Waals surface area contributed by atoms with Gasteiger partial charge in [-0.05, 0) is 26.7 Å². The lowest BCUT2D eigenvalue weighted by Gasteiger charge is -2.07. The minimum atomic E-state index is 1.10. The van der Waals surface area contributed by atoms with E-state index in [9.17, 15) is 0 Å². The van der Waals surface area contributed by atoms with Gasteiger partial charge in [-0.15, -0.1) is 0 Å². The van der Waals surface area contributed by atoms with Crippen molar-refractivity contribution in [1.29, 1.82) is 0 Å². The van der Waals surface area contributed by atoms with Crippen LogP contribution in [-0.2, 0) is 0 Å². The molecule has 0 saturated carbocycles. The summed E-state index contributed by atoms with van der Waals surface area (Å²) < 4.78 is 0. The van der Waals surface area contributed by atoms with E-state index in [4.69, 9.17) is 0 Å². The van der Waals surface area contributed by atoms with Gasteiger partial charge in [0, 0.05) is 12.2 Å². The van der Waals surface area contributed by atoms with Gasteiger partial charge in [0.15, 0.2) is 0 Å². The Balaban J connectivity index is -0.000000266. The van der Waals surface area contributed by atoms with Crippen LogP contribution in [0.15, 0.2) is 11.3 Å². The third-order valence-corrected chi connectivity index (χ3v) is 1.81. The number of rotatable bonds is 4. The first-order valence-corrected chi connectivity index (χ1v) is 6.12. The second kappa shape index (κ2) is 18.3. The average molecular weight is 201 g/mol. The summed E-state index contributed by atoms with van der Waals surface area (Å²) in [6.07, 6.45) is 2.36. The fourth-order valence-electron chi connectivity index (χ4n) is 0.729. The Kier molecular flexibility index (Phi) is 25.1. The molecule has 0 radical (unpaired) electrons. The Morgan fingerprint density at radius 1 is 0.929 bits per heavy atom. The highest BCUT2D eigenvalue weighted by molar-refractivity contribution is 5.06. The van der Waals surface area contributed by atoms with Gasteiger partial charge in [0.1, 0.15) is 0 Å². The largest absolute Gasteiger partial charge is 0.389 e. The standard InChI is InChI=1S/C9H19N.2C2H6/c1-5-7-10-9(4)8(3)6-2;2*1-2/h10H,5-7H2,1-4H3;2*1-2H3/b9-8-;;. The van der Waals surface area contributed by atoms with Gasteiger partial charge in [0.05, 0.1) is 0 Å². The third-order valence-electron chi connectivity index (χ3n) is 1.81. The average Bonchev–Trinajstić information content (AvgIpc) is 2.30. The molecule has 0 saturated heterocycles. The van der Waals surface area contributed by atoms with Crippen molar-refractivity contribution < 1.29 is 0 Å². The number of allylic oxidation sites excluding steroid dienone is 2. The van der Waals surface area contributed by atoms with E-state index in [0.717, 1.165) is 13.0 Å². The molecule has 0 bridgehead atoms. The molecule has 0 aliphatic carbocycles. The molecular formula is C13H31N. The van der Waals surface area contributed by atoms with Crippen molar-refractivity contribution in [2.45, 2.75) is 68.2 Å². The zero-order valence-corrected chi connectivity index (χ0v) is 11.6. The van der Waals surface area contributed by atoms with Crippen molar-refractivity contribution >= 4 is 0 Å². The first kappa shape index (κ1) is 19.2. The Morgan fingerprint density at radius 3 is 1.64 bits per heavy atom. The number of hydrogen-bond donors (Lipinski definition) is 1. The van der Waals surface area contributed by atoms with E-state index in [1.807, 2.05) is 27.7 Å². The molecule has 0 amide bonds. The Labute approximate surface area is 92.0 Å². The van der Waals surface area contributed by atoms with Crippen LogP contribution in [0.4, 0.5) is 0 Å². The molecule has 0 aromatic heterocycles. The van der Waals surface area contributed by atoms with Gasteiger partial charge < -0.3 is 5.32 Å². The van der Waals surface area contributed by atoms with Crippen LogP contribution in [0.3, 0.4) is 0 Å². The number of hydrogen-bond acceptors (Lipinski definition) is 1. The minimum absolute atomic E-state index is 1.10. The summed E-state index contributed by atoms with van der Waals surface area (Å²) in [5.41, 5.74) is 2.82. The molecule has 0 aromatic carbocycles. The first-order valence-electron chi connectivity index (χ1n) is 6.12. The van der Waals surface area contributed by atoms with Crippen molar-refractivity contribution in [1.82, 2.24) is 5.32 Å². The molecule has 0 unspecified atom stereocenters. The van der Waals surface area contributed by atoms with Gasteiger partial charge in [0.2, 0.25) is 0 Å². The lowest BCUT2D eigenvalue weighted by molar-refractivity contribution is 0.754. The lowest BCUT2D eigenvalue weighted by atomic mass is 10.2. The molecule has 1 N–H and O–H groups in total. The molecule has 0 rings (SSSR count). The van der Waals surface area contributed by atoms with E-state index in [2.05, 4.69) is 33.0 Å².